The van der Waals surface area contributed by atoms with Gasteiger partial charge in [-0.3, -0.25) is 14.4 Å². The molecule has 3 N–H and O–H groups in total. The van der Waals surface area contributed by atoms with Crippen molar-refractivity contribution in [3.05, 3.63) is 75.2 Å². The standard InChI is InChI=1S/C23H25N5O2S/c1-13-14(2)31-23-20(13)21(17-9-7-16(8-10-17)6-4-5-11-24)25-18(12-19(29)30)22-27-26-15(3)28(22)23/h4-5,7-10,18H,6,11-12,24H2,1-3H3,(H,29,30)/t18-/m0/s1. The molecule has 1 aromatic carbocycles. The highest BCUT2D eigenvalue weighted by molar-refractivity contribution is 7.15. The number of carbonyl (C=O) groups is 1. The first-order valence-electron chi connectivity index (χ1n) is 10.2. The van der Waals surface area contributed by atoms with E-state index >= 15 is 0 Å². The van der Waals surface area contributed by atoms with Gasteiger partial charge in [0.2, 0.25) is 0 Å². The fourth-order valence-electron chi connectivity index (χ4n) is 3.80. The normalized spacial score (nSPS) is 15.5. The molecule has 1 aliphatic rings. The molecule has 2 aromatic heterocycles. The Morgan fingerprint density at radius 3 is 2.61 bits per heavy atom. The fourth-order valence-corrected chi connectivity index (χ4v) is 5.02. The number of nitrogens with two attached hydrogens (primary N) is 1. The molecule has 8 heteroatoms. The fraction of sp³-hybridized carbons (Fsp3) is 0.304. The summed E-state index contributed by atoms with van der Waals surface area (Å²) >= 11 is 1.66. The maximum atomic E-state index is 11.6. The number of carboxylic acids is 1. The van der Waals surface area contributed by atoms with Crippen LogP contribution in [0.1, 0.15) is 51.2 Å². The Balaban J connectivity index is 1.87. The number of rotatable bonds is 6. The third-order valence-electron chi connectivity index (χ3n) is 5.49. The molecule has 4 rings (SSSR count). The molecule has 31 heavy (non-hydrogen) atoms. The van der Waals surface area contributed by atoms with Gasteiger partial charge in [0.15, 0.2) is 5.82 Å². The number of aromatic nitrogens is 3. The number of fused-ring (bicyclic) bond motifs is 3. The maximum absolute atomic E-state index is 11.6. The van der Waals surface area contributed by atoms with Crippen LogP contribution in [0.4, 0.5) is 0 Å². The van der Waals surface area contributed by atoms with Gasteiger partial charge in [0.1, 0.15) is 16.9 Å². The lowest BCUT2D eigenvalue weighted by atomic mass is 9.98. The summed E-state index contributed by atoms with van der Waals surface area (Å²) in [5, 5.41) is 19.0. The quantitative estimate of drug-likeness (QED) is 0.575. The number of carboxylic acid groups (broad SMARTS) is 1. The molecule has 1 aliphatic heterocycles. The van der Waals surface area contributed by atoms with Crippen LogP contribution in [-0.2, 0) is 11.2 Å². The van der Waals surface area contributed by atoms with Crippen LogP contribution in [0.3, 0.4) is 0 Å². The summed E-state index contributed by atoms with van der Waals surface area (Å²) in [6.07, 6.45) is 4.67. The van der Waals surface area contributed by atoms with Gasteiger partial charge in [-0.1, -0.05) is 36.4 Å². The van der Waals surface area contributed by atoms with Crippen molar-refractivity contribution in [3.63, 3.8) is 0 Å². The molecular formula is C23H25N5O2S. The number of aryl methyl sites for hydroxylation is 2. The van der Waals surface area contributed by atoms with Crippen molar-refractivity contribution in [3.8, 4) is 5.00 Å². The highest BCUT2D eigenvalue weighted by Gasteiger charge is 2.32. The molecule has 0 spiro atoms. The molecule has 0 aliphatic carbocycles. The minimum absolute atomic E-state index is 0.142. The predicted octanol–water partition coefficient (Wildman–Crippen LogP) is 3.68. The Kier molecular flexibility index (Phi) is 5.84. The Labute approximate surface area is 185 Å². The monoisotopic (exact) mass is 435 g/mol. The molecule has 3 aromatic rings. The molecule has 0 amide bonds. The molecule has 0 saturated carbocycles. The first-order valence-corrected chi connectivity index (χ1v) is 11.0. The zero-order valence-corrected chi connectivity index (χ0v) is 18.6. The average Bonchev–Trinajstić information content (AvgIpc) is 3.21. The number of aliphatic imine (C=N–C) groups is 1. The van der Waals surface area contributed by atoms with Crippen molar-refractivity contribution in [1.29, 1.82) is 0 Å². The Hall–Kier alpha value is -3.10. The van der Waals surface area contributed by atoms with Crippen molar-refractivity contribution in [2.24, 2.45) is 10.7 Å². The molecule has 1 atom stereocenters. The molecule has 160 valence electrons. The van der Waals surface area contributed by atoms with Gasteiger partial charge in [-0.05, 0) is 38.3 Å². The summed E-state index contributed by atoms with van der Waals surface area (Å²) in [7, 11) is 0. The molecule has 0 radical (unpaired) electrons. The number of hydrogen-bond donors (Lipinski definition) is 2. The third-order valence-corrected chi connectivity index (χ3v) is 6.68. The van der Waals surface area contributed by atoms with E-state index in [4.69, 9.17) is 10.7 Å². The van der Waals surface area contributed by atoms with E-state index in [1.54, 1.807) is 11.3 Å². The van der Waals surface area contributed by atoms with Crippen molar-refractivity contribution >= 4 is 23.0 Å². The third kappa shape index (κ3) is 3.96. The van der Waals surface area contributed by atoms with Crippen molar-refractivity contribution in [2.45, 2.75) is 39.7 Å². The topological polar surface area (TPSA) is 106 Å². The second-order valence-corrected chi connectivity index (χ2v) is 8.81. The summed E-state index contributed by atoms with van der Waals surface area (Å²) in [5.74, 6) is 0.382. The van der Waals surface area contributed by atoms with Crippen LogP contribution >= 0.6 is 11.3 Å². The number of nitrogens with zero attached hydrogens (tertiary/aromatic N) is 4. The molecule has 0 bridgehead atoms. The minimum Gasteiger partial charge on any atom is -0.481 e. The highest BCUT2D eigenvalue weighted by atomic mass is 32.1. The lowest BCUT2D eigenvalue weighted by Gasteiger charge is -2.11. The molecule has 0 fully saturated rings. The summed E-state index contributed by atoms with van der Waals surface area (Å²) < 4.78 is 1.97. The van der Waals surface area contributed by atoms with E-state index in [2.05, 4.69) is 54.4 Å². The number of thiophene rings is 1. The van der Waals surface area contributed by atoms with Gasteiger partial charge in [-0.15, -0.1) is 21.5 Å². The summed E-state index contributed by atoms with van der Waals surface area (Å²) in [6.45, 7) is 6.59. The Morgan fingerprint density at radius 1 is 1.19 bits per heavy atom. The van der Waals surface area contributed by atoms with Crippen LogP contribution in [0.15, 0.2) is 41.4 Å². The maximum Gasteiger partial charge on any atom is 0.306 e. The Bertz CT molecular complexity index is 1190. The van der Waals surface area contributed by atoms with Crippen LogP contribution in [0, 0.1) is 20.8 Å². The van der Waals surface area contributed by atoms with Gasteiger partial charge in [0.25, 0.3) is 0 Å². The molecule has 7 nitrogen and oxygen atoms in total. The molecular weight excluding hydrogens is 410 g/mol. The smallest absolute Gasteiger partial charge is 0.306 e. The van der Waals surface area contributed by atoms with Gasteiger partial charge >= 0.3 is 5.97 Å². The largest absolute Gasteiger partial charge is 0.481 e. The van der Waals surface area contributed by atoms with Crippen molar-refractivity contribution in [2.75, 3.05) is 6.54 Å². The number of benzene rings is 1. The van der Waals surface area contributed by atoms with Crippen LogP contribution in [0.5, 0.6) is 0 Å². The van der Waals surface area contributed by atoms with Gasteiger partial charge in [-0.25, -0.2) is 0 Å². The van der Waals surface area contributed by atoms with Gasteiger partial charge in [0.05, 0.1) is 12.1 Å². The summed E-state index contributed by atoms with van der Waals surface area (Å²) in [6, 6.07) is 7.65. The molecule has 0 unspecified atom stereocenters. The molecule has 0 saturated heterocycles. The number of aliphatic carboxylic acids is 1. The molecule has 3 heterocycles. The van der Waals surface area contributed by atoms with E-state index in [0.29, 0.717) is 12.4 Å². The summed E-state index contributed by atoms with van der Waals surface area (Å²) in [5.41, 5.74) is 10.6. The van der Waals surface area contributed by atoms with Crippen LogP contribution in [0.2, 0.25) is 0 Å². The minimum atomic E-state index is -0.916. The van der Waals surface area contributed by atoms with E-state index < -0.39 is 12.0 Å². The van der Waals surface area contributed by atoms with E-state index in [-0.39, 0.29) is 6.42 Å². The SMILES string of the molecule is Cc1sc2c(c1C)C(c1ccc(CC=CCN)cc1)=N[C@@H](CC(=O)O)c1nnc(C)n1-2. The first-order chi connectivity index (χ1) is 14.9. The van der Waals surface area contributed by atoms with E-state index in [9.17, 15) is 9.90 Å². The zero-order valence-electron chi connectivity index (χ0n) is 17.8. The zero-order chi connectivity index (χ0) is 22.1. The lowest BCUT2D eigenvalue weighted by Crippen LogP contribution is -2.10. The van der Waals surface area contributed by atoms with E-state index in [1.807, 2.05) is 17.6 Å². The van der Waals surface area contributed by atoms with Crippen molar-refractivity contribution < 1.29 is 9.90 Å². The van der Waals surface area contributed by atoms with Gasteiger partial charge in [-0.2, -0.15) is 0 Å². The Morgan fingerprint density at radius 2 is 1.94 bits per heavy atom. The number of allylic oxidation sites excluding steroid dienone is 1. The highest BCUT2D eigenvalue weighted by Crippen LogP contribution is 2.39. The summed E-state index contributed by atoms with van der Waals surface area (Å²) in [4.78, 5) is 17.7. The van der Waals surface area contributed by atoms with Gasteiger partial charge < -0.3 is 10.8 Å². The average molecular weight is 436 g/mol. The van der Waals surface area contributed by atoms with Crippen molar-refractivity contribution in [1.82, 2.24) is 14.8 Å². The van der Waals surface area contributed by atoms with E-state index in [0.717, 1.165) is 39.6 Å². The first kappa shape index (κ1) is 21.1. The second kappa shape index (κ2) is 8.56. The van der Waals surface area contributed by atoms with Crippen LogP contribution < -0.4 is 5.73 Å². The van der Waals surface area contributed by atoms with Gasteiger partial charge in [0, 0.05) is 22.5 Å². The predicted molar refractivity (Wildman–Crippen MR) is 122 cm³/mol. The second-order valence-electron chi connectivity index (χ2n) is 7.60. The number of hydrogen-bond acceptors (Lipinski definition) is 6. The van der Waals surface area contributed by atoms with E-state index in [1.165, 1.54) is 10.4 Å². The van der Waals surface area contributed by atoms with Crippen LogP contribution in [-0.4, -0.2) is 38.1 Å². The lowest BCUT2D eigenvalue weighted by molar-refractivity contribution is -0.137. The van der Waals surface area contributed by atoms with Crippen LogP contribution in [0.25, 0.3) is 5.00 Å².